The molecule has 4 N–H and O–H groups in total. The highest BCUT2D eigenvalue weighted by molar-refractivity contribution is 5.98. The predicted octanol–water partition coefficient (Wildman–Crippen LogP) is 3.74. The molecule has 6 heteroatoms. The molecule has 0 saturated carbocycles. The molecule has 1 heterocycles. The van der Waals surface area contributed by atoms with Gasteiger partial charge >= 0.3 is 0 Å². The quantitative estimate of drug-likeness (QED) is 0.730. The number of aryl methyl sites for hydroxylation is 1. The lowest BCUT2D eigenvalue weighted by atomic mass is 9.83. The van der Waals surface area contributed by atoms with Gasteiger partial charge in [-0.3, -0.25) is 9.59 Å². The Balaban J connectivity index is 0.00000261. The van der Waals surface area contributed by atoms with Crippen LogP contribution in [0.3, 0.4) is 0 Å². The average Bonchev–Trinajstić information content (AvgIpc) is 2.63. The second kappa shape index (κ2) is 9.02. The first-order chi connectivity index (χ1) is 12.5. The number of rotatable bonds is 5. The molecule has 0 aliphatic carbocycles. The molecule has 2 aromatic rings. The van der Waals surface area contributed by atoms with Crippen molar-refractivity contribution in [3.63, 3.8) is 0 Å². The van der Waals surface area contributed by atoms with Gasteiger partial charge in [0.25, 0.3) is 0 Å². The molecule has 1 aliphatic heterocycles. The van der Waals surface area contributed by atoms with Crippen molar-refractivity contribution in [3.8, 4) is 0 Å². The van der Waals surface area contributed by atoms with E-state index in [1.165, 1.54) is 5.56 Å². The number of hydrogen-bond acceptors (Lipinski definition) is 3. The molecule has 0 spiro atoms. The Kier molecular flexibility index (Phi) is 6.99. The Hall–Kier alpha value is -2.37. The van der Waals surface area contributed by atoms with Crippen molar-refractivity contribution in [2.45, 2.75) is 39.0 Å². The molecular formula is C21H26ClN3O2. The van der Waals surface area contributed by atoms with Crippen LogP contribution in [0.25, 0.3) is 0 Å². The maximum Gasteiger partial charge on any atom is 0.225 e. The van der Waals surface area contributed by atoms with E-state index in [1.807, 2.05) is 19.9 Å². The molecule has 0 radical (unpaired) electrons. The minimum Gasteiger partial charge on any atom is -0.330 e. The minimum absolute atomic E-state index is 0. The Bertz CT molecular complexity index is 834. The fourth-order valence-corrected chi connectivity index (χ4v) is 3.38. The number of anilines is 2. The van der Waals surface area contributed by atoms with Crippen molar-refractivity contribution in [2.75, 3.05) is 17.2 Å². The number of carbonyl (C=O) groups is 2. The first kappa shape index (κ1) is 20.9. The lowest BCUT2D eigenvalue weighted by Gasteiger charge is -2.27. The maximum atomic E-state index is 12.2. The third-order valence-corrected chi connectivity index (χ3v) is 4.85. The highest BCUT2D eigenvalue weighted by atomic mass is 35.5. The Morgan fingerprint density at radius 3 is 2.59 bits per heavy atom. The first-order valence-corrected chi connectivity index (χ1v) is 9.05. The molecule has 0 fully saturated rings. The second-order valence-electron chi connectivity index (χ2n) is 6.74. The lowest BCUT2D eigenvalue weighted by molar-refractivity contribution is -0.117. The van der Waals surface area contributed by atoms with Crippen LogP contribution in [0.4, 0.5) is 11.4 Å². The van der Waals surface area contributed by atoms with Gasteiger partial charge in [-0.25, -0.2) is 0 Å². The summed E-state index contributed by atoms with van der Waals surface area (Å²) in [5.41, 5.74) is 11.5. The summed E-state index contributed by atoms with van der Waals surface area (Å²) in [6, 6.07) is 12.3. The van der Waals surface area contributed by atoms with Crippen LogP contribution in [0, 0.1) is 6.92 Å². The Labute approximate surface area is 166 Å². The van der Waals surface area contributed by atoms with E-state index in [0.29, 0.717) is 19.4 Å². The zero-order chi connectivity index (χ0) is 18.7. The fraction of sp³-hybridized carbons (Fsp3) is 0.333. The van der Waals surface area contributed by atoms with E-state index >= 15 is 0 Å². The number of fused-ring (bicyclic) bond motifs is 1. The predicted molar refractivity (Wildman–Crippen MR) is 112 cm³/mol. The fourth-order valence-electron chi connectivity index (χ4n) is 3.38. The van der Waals surface area contributed by atoms with Gasteiger partial charge in [-0.05, 0) is 48.2 Å². The SMILES string of the molecule is CCC(=O)Nc1cc2c(cc1C)C(c1ccc(CCN)cc1)CC(=O)N2.Cl. The summed E-state index contributed by atoms with van der Waals surface area (Å²) in [5, 5.41) is 5.84. The van der Waals surface area contributed by atoms with Gasteiger partial charge < -0.3 is 16.4 Å². The van der Waals surface area contributed by atoms with E-state index < -0.39 is 0 Å². The number of nitrogens with two attached hydrogens (primary N) is 1. The van der Waals surface area contributed by atoms with Crippen LogP contribution in [0.2, 0.25) is 0 Å². The summed E-state index contributed by atoms with van der Waals surface area (Å²) in [7, 11) is 0. The van der Waals surface area contributed by atoms with Crippen LogP contribution in [0.1, 0.15) is 47.9 Å². The second-order valence-corrected chi connectivity index (χ2v) is 6.74. The number of hydrogen-bond donors (Lipinski definition) is 3. The zero-order valence-corrected chi connectivity index (χ0v) is 16.5. The lowest BCUT2D eigenvalue weighted by Crippen LogP contribution is -2.24. The van der Waals surface area contributed by atoms with E-state index in [-0.39, 0.29) is 30.1 Å². The monoisotopic (exact) mass is 387 g/mol. The number of benzene rings is 2. The molecule has 0 saturated heterocycles. The molecule has 0 aromatic heterocycles. The third kappa shape index (κ3) is 4.67. The topological polar surface area (TPSA) is 84.2 Å². The summed E-state index contributed by atoms with van der Waals surface area (Å²) in [5.74, 6) is -0.0345. The van der Waals surface area contributed by atoms with Gasteiger partial charge in [-0.15, -0.1) is 12.4 Å². The summed E-state index contributed by atoms with van der Waals surface area (Å²) < 4.78 is 0. The van der Waals surface area contributed by atoms with Crippen LogP contribution in [-0.2, 0) is 16.0 Å². The van der Waals surface area contributed by atoms with Crippen LogP contribution < -0.4 is 16.4 Å². The van der Waals surface area contributed by atoms with Crippen LogP contribution in [0.15, 0.2) is 36.4 Å². The van der Waals surface area contributed by atoms with E-state index in [9.17, 15) is 9.59 Å². The molecule has 27 heavy (non-hydrogen) atoms. The van der Waals surface area contributed by atoms with Crippen molar-refractivity contribution >= 4 is 35.6 Å². The summed E-state index contributed by atoms with van der Waals surface area (Å²) in [4.78, 5) is 24.0. The Morgan fingerprint density at radius 2 is 1.96 bits per heavy atom. The number of carbonyl (C=O) groups excluding carboxylic acids is 2. The molecule has 0 bridgehead atoms. The average molecular weight is 388 g/mol. The zero-order valence-electron chi connectivity index (χ0n) is 15.7. The van der Waals surface area contributed by atoms with Crippen LogP contribution in [-0.4, -0.2) is 18.4 Å². The van der Waals surface area contributed by atoms with Gasteiger partial charge in [-0.1, -0.05) is 37.3 Å². The summed E-state index contributed by atoms with van der Waals surface area (Å²) in [6.45, 7) is 4.41. The third-order valence-electron chi connectivity index (χ3n) is 4.85. The van der Waals surface area contributed by atoms with Crippen LogP contribution in [0.5, 0.6) is 0 Å². The molecular weight excluding hydrogens is 362 g/mol. The Morgan fingerprint density at radius 1 is 1.26 bits per heavy atom. The van der Waals surface area contributed by atoms with E-state index in [4.69, 9.17) is 5.73 Å². The van der Waals surface area contributed by atoms with E-state index in [1.54, 1.807) is 0 Å². The largest absolute Gasteiger partial charge is 0.330 e. The molecule has 144 valence electrons. The van der Waals surface area contributed by atoms with Crippen molar-refractivity contribution in [1.82, 2.24) is 0 Å². The van der Waals surface area contributed by atoms with Crippen molar-refractivity contribution in [3.05, 3.63) is 58.7 Å². The molecule has 1 unspecified atom stereocenters. The normalized spacial score (nSPS) is 15.4. The highest BCUT2D eigenvalue weighted by Crippen LogP contribution is 2.39. The van der Waals surface area contributed by atoms with Gasteiger partial charge in [-0.2, -0.15) is 0 Å². The maximum absolute atomic E-state index is 12.2. The summed E-state index contributed by atoms with van der Waals surface area (Å²) in [6.07, 6.45) is 1.69. The smallest absolute Gasteiger partial charge is 0.225 e. The minimum atomic E-state index is -0.0396. The molecule has 1 aliphatic rings. The number of amides is 2. The highest BCUT2D eigenvalue weighted by Gasteiger charge is 2.27. The van der Waals surface area contributed by atoms with Gasteiger partial charge in [0.15, 0.2) is 0 Å². The van der Waals surface area contributed by atoms with E-state index in [0.717, 1.165) is 34.5 Å². The number of halogens is 1. The van der Waals surface area contributed by atoms with Gasteiger partial charge in [0.05, 0.1) is 0 Å². The molecule has 2 aromatic carbocycles. The summed E-state index contributed by atoms with van der Waals surface area (Å²) >= 11 is 0. The van der Waals surface area contributed by atoms with Gasteiger partial charge in [0.1, 0.15) is 0 Å². The van der Waals surface area contributed by atoms with Gasteiger partial charge in [0.2, 0.25) is 11.8 Å². The van der Waals surface area contributed by atoms with Gasteiger partial charge in [0, 0.05) is 30.1 Å². The van der Waals surface area contributed by atoms with Crippen molar-refractivity contribution < 1.29 is 9.59 Å². The number of nitrogens with one attached hydrogen (secondary N) is 2. The van der Waals surface area contributed by atoms with Crippen molar-refractivity contribution in [2.24, 2.45) is 5.73 Å². The first-order valence-electron chi connectivity index (χ1n) is 9.05. The molecule has 3 rings (SSSR count). The molecule has 1 atom stereocenters. The van der Waals surface area contributed by atoms with E-state index in [2.05, 4.69) is 41.0 Å². The molecule has 2 amide bonds. The molecule has 5 nitrogen and oxygen atoms in total. The van der Waals surface area contributed by atoms with Crippen LogP contribution >= 0.6 is 12.4 Å². The van der Waals surface area contributed by atoms with Crippen molar-refractivity contribution in [1.29, 1.82) is 0 Å². The standard InChI is InChI=1S/C21H25N3O2.ClH/c1-3-20(25)23-18-12-19-17(10-13(18)2)16(11-21(26)24-19)15-6-4-14(5-7-15)8-9-22;/h4-7,10,12,16H,3,8-9,11,22H2,1-2H3,(H,23,25)(H,24,26);1H.